The molecule has 1 aromatic carbocycles. The molecule has 0 spiro atoms. The lowest BCUT2D eigenvalue weighted by Gasteiger charge is -2.10. The van der Waals surface area contributed by atoms with E-state index in [4.69, 9.17) is 9.84 Å². The Hall–Kier alpha value is -2.50. The van der Waals surface area contributed by atoms with Gasteiger partial charge in [-0.05, 0) is 23.8 Å². The topological polar surface area (TPSA) is 87.7 Å². The van der Waals surface area contributed by atoms with E-state index in [2.05, 4.69) is 10.6 Å². The van der Waals surface area contributed by atoms with Gasteiger partial charge >= 0.3 is 12.0 Å². The molecule has 3 N–H and O–H groups in total. The van der Waals surface area contributed by atoms with Crippen molar-refractivity contribution in [1.29, 1.82) is 0 Å². The molecule has 0 aliphatic rings. The molecule has 1 rings (SSSR count). The molecule has 0 atom stereocenters. The first kappa shape index (κ1) is 13.6. The number of methoxy groups -OCH3 is 1. The van der Waals surface area contributed by atoms with E-state index in [1.807, 2.05) is 0 Å². The van der Waals surface area contributed by atoms with E-state index < -0.39 is 5.97 Å². The van der Waals surface area contributed by atoms with Crippen LogP contribution in [0.5, 0.6) is 5.75 Å². The van der Waals surface area contributed by atoms with Gasteiger partial charge in [0.05, 0.1) is 12.8 Å². The Morgan fingerprint density at radius 3 is 2.67 bits per heavy atom. The maximum atomic E-state index is 11.2. The molecule has 2 amide bonds. The van der Waals surface area contributed by atoms with Crippen molar-refractivity contribution in [3.63, 3.8) is 0 Å². The van der Waals surface area contributed by atoms with Gasteiger partial charge in [-0.1, -0.05) is 6.07 Å². The molecule has 0 fully saturated rings. The van der Waals surface area contributed by atoms with Crippen LogP contribution in [0.3, 0.4) is 0 Å². The number of carboxylic acids is 1. The van der Waals surface area contributed by atoms with Gasteiger partial charge < -0.3 is 20.5 Å². The van der Waals surface area contributed by atoms with Crippen LogP contribution in [0.15, 0.2) is 24.3 Å². The molecule has 0 radical (unpaired) electrons. The number of benzene rings is 1. The van der Waals surface area contributed by atoms with Crippen molar-refractivity contribution in [2.75, 3.05) is 19.5 Å². The lowest BCUT2D eigenvalue weighted by molar-refractivity contribution is -0.131. The van der Waals surface area contributed by atoms with Crippen LogP contribution >= 0.6 is 0 Å². The molecule has 6 nitrogen and oxygen atoms in total. The Bertz CT molecular complexity index is 483. The first-order valence-corrected chi connectivity index (χ1v) is 5.14. The summed E-state index contributed by atoms with van der Waals surface area (Å²) in [5.41, 5.74) is 1.11. The second-order valence-corrected chi connectivity index (χ2v) is 3.34. The third-order valence-electron chi connectivity index (χ3n) is 2.12. The number of carboxylic acid groups (broad SMARTS) is 1. The number of hydrogen-bond donors (Lipinski definition) is 3. The standard InChI is InChI=1S/C12H14N2O4/c1-13-12(17)14-9-7-8(4-6-11(15)16)3-5-10(9)18-2/h3-7H,1-2H3,(H,15,16)(H2,13,14,17)/b6-4+. The molecule has 0 saturated carbocycles. The fraction of sp³-hybridized carbons (Fsp3) is 0.167. The molecule has 0 bridgehead atoms. The van der Waals surface area contributed by atoms with Crippen molar-refractivity contribution < 1.29 is 19.4 Å². The van der Waals surface area contributed by atoms with Crippen LogP contribution in [0.25, 0.3) is 6.08 Å². The smallest absolute Gasteiger partial charge is 0.328 e. The second-order valence-electron chi connectivity index (χ2n) is 3.34. The van der Waals surface area contributed by atoms with Crippen molar-refractivity contribution >= 4 is 23.8 Å². The van der Waals surface area contributed by atoms with Crippen molar-refractivity contribution in [2.24, 2.45) is 0 Å². The Morgan fingerprint density at radius 1 is 1.39 bits per heavy atom. The largest absolute Gasteiger partial charge is 0.495 e. The van der Waals surface area contributed by atoms with Crippen LogP contribution in [0.1, 0.15) is 5.56 Å². The second kappa shape index (κ2) is 6.29. The molecule has 6 heteroatoms. The molecule has 0 aliphatic carbocycles. The minimum Gasteiger partial charge on any atom is -0.495 e. The van der Waals surface area contributed by atoms with Crippen LogP contribution in [0.4, 0.5) is 10.5 Å². The summed E-state index contributed by atoms with van der Waals surface area (Å²) in [4.78, 5) is 21.7. The lowest BCUT2D eigenvalue weighted by Crippen LogP contribution is -2.24. The molecule has 18 heavy (non-hydrogen) atoms. The summed E-state index contributed by atoms with van der Waals surface area (Å²) < 4.78 is 5.09. The van der Waals surface area contributed by atoms with E-state index in [9.17, 15) is 9.59 Å². The van der Waals surface area contributed by atoms with Crippen molar-refractivity contribution in [3.05, 3.63) is 29.8 Å². The van der Waals surface area contributed by atoms with E-state index in [0.29, 0.717) is 17.0 Å². The minimum atomic E-state index is -1.04. The zero-order valence-corrected chi connectivity index (χ0v) is 10.1. The van der Waals surface area contributed by atoms with Crippen molar-refractivity contribution in [1.82, 2.24) is 5.32 Å². The maximum absolute atomic E-state index is 11.2. The van der Waals surface area contributed by atoms with E-state index >= 15 is 0 Å². The SMILES string of the molecule is CNC(=O)Nc1cc(/C=C/C(=O)O)ccc1OC. The first-order chi connectivity index (χ1) is 8.56. The van der Waals surface area contributed by atoms with Gasteiger partial charge in [0.15, 0.2) is 0 Å². The van der Waals surface area contributed by atoms with Gasteiger partial charge in [-0.25, -0.2) is 9.59 Å². The average Bonchev–Trinajstić information content (AvgIpc) is 2.36. The van der Waals surface area contributed by atoms with Gasteiger partial charge in [0.1, 0.15) is 5.75 Å². The van der Waals surface area contributed by atoms with E-state index in [1.165, 1.54) is 20.2 Å². The maximum Gasteiger partial charge on any atom is 0.328 e. The Kier molecular flexibility index (Phi) is 4.74. The van der Waals surface area contributed by atoms with Crippen molar-refractivity contribution in [2.45, 2.75) is 0 Å². The number of ether oxygens (including phenoxy) is 1. The Morgan fingerprint density at radius 2 is 2.11 bits per heavy atom. The highest BCUT2D eigenvalue weighted by molar-refractivity contribution is 5.91. The number of carbonyl (C=O) groups is 2. The third-order valence-corrected chi connectivity index (χ3v) is 2.12. The molecule has 0 aromatic heterocycles. The quantitative estimate of drug-likeness (QED) is 0.707. The molecular weight excluding hydrogens is 236 g/mol. The molecule has 0 saturated heterocycles. The zero-order valence-electron chi connectivity index (χ0n) is 10.1. The summed E-state index contributed by atoms with van der Waals surface area (Å²) in [6.45, 7) is 0. The van der Waals surface area contributed by atoms with Crippen LogP contribution in [0.2, 0.25) is 0 Å². The number of aliphatic carboxylic acids is 1. The van der Waals surface area contributed by atoms with Gasteiger partial charge in [0.25, 0.3) is 0 Å². The summed E-state index contributed by atoms with van der Waals surface area (Å²) >= 11 is 0. The first-order valence-electron chi connectivity index (χ1n) is 5.14. The monoisotopic (exact) mass is 250 g/mol. The zero-order chi connectivity index (χ0) is 13.5. The van der Waals surface area contributed by atoms with Crippen LogP contribution in [0, 0.1) is 0 Å². The number of rotatable bonds is 4. The van der Waals surface area contributed by atoms with E-state index in [-0.39, 0.29) is 6.03 Å². The molecule has 96 valence electrons. The van der Waals surface area contributed by atoms with Crippen molar-refractivity contribution in [3.8, 4) is 5.75 Å². The number of carbonyl (C=O) groups excluding carboxylic acids is 1. The number of amides is 2. The average molecular weight is 250 g/mol. The van der Waals surface area contributed by atoms with Gasteiger partial charge in [0.2, 0.25) is 0 Å². The van der Waals surface area contributed by atoms with Gasteiger partial charge in [0, 0.05) is 13.1 Å². The molecular formula is C12H14N2O4. The van der Waals surface area contributed by atoms with Crippen LogP contribution in [-0.2, 0) is 4.79 Å². The number of nitrogens with one attached hydrogen (secondary N) is 2. The summed E-state index contributed by atoms with van der Waals surface area (Å²) in [5, 5.41) is 13.5. The lowest BCUT2D eigenvalue weighted by atomic mass is 10.1. The van der Waals surface area contributed by atoms with E-state index in [1.54, 1.807) is 18.2 Å². The highest BCUT2D eigenvalue weighted by Gasteiger charge is 2.06. The Labute approximate surface area is 104 Å². The highest BCUT2D eigenvalue weighted by atomic mass is 16.5. The van der Waals surface area contributed by atoms with E-state index in [0.717, 1.165) is 6.08 Å². The predicted molar refractivity (Wildman–Crippen MR) is 67.7 cm³/mol. The van der Waals surface area contributed by atoms with Crippen LogP contribution in [-0.4, -0.2) is 31.3 Å². The molecule has 0 aliphatic heterocycles. The summed E-state index contributed by atoms with van der Waals surface area (Å²) in [6, 6.07) is 4.57. The van der Waals surface area contributed by atoms with Gasteiger partial charge in [-0.2, -0.15) is 0 Å². The highest BCUT2D eigenvalue weighted by Crippen LogP contribution is 2.25. The number of urea groups is 1. The third kappa shape index (κ3) is 3.82. The fourth-order valence-electron chi connectivity index (χ4n) is 1.28. The summed E-state index contributed by atoms with van der Waals surface area (Å²) in [6.07, 6.45) is 2.45. The summed E-state index contributed by atoms with van der Waals surface area (Å²) in [7, 11) is 2.98. The summed E-state index contributed by atoms with van der Waals surface area (Å²) in [5.74, 6) is -0.544. The fourth-order valence-corrected chi connectivity index (χ4v) is 1.28. The minimum absolute atomic E-state index is 0.382. The number of anilines is 1. The Balaban J connectivity index is 3.01. The van der Waals surface area contributed by atoms with Crippen LogP contribution < -0.4 is 15.4 Å². The molecule has 0 unspecified atom stereocenters. The molecule has 1 aromatic rings. The van der Waals surface area contributed by atoms with Gasteiger partial charge in [-0.3, -0.25) is 0 Å². The predicted octanol–water partition coefficient (Wildman–Crippen LogP) is 1.54. The van der Waals surface area contributed by atoms with Gasteiger partial charge in [-0.15, -0.1) is 0 Å². The number of hydrogen-bond acceptors (Lipinski definition) is 3. The normalized spacial score (nSPS) is 10.1. The molecule has 0 heterocycles.